The lowest BCUT2D eigenvalue weighted by Gasteiger charge is -2.24. The van der Waals surface area contributed by atoms with Gasteiger partial charge < -0.3 is 10.6 Å². The Morgan fingerprint density at radius 1 is 1.24 bits per heavy atom. The molecule has 0 bridgehead atoms. The first-order valence-electron chi connectivity index (χ1n) is 6.81. The van der Waals surface area contributed by atoms with Crippen LogP contribution in [-0.2, 0) is 0 Å². The third-order valence-corrected chi connectivity index (χ3v) is 3.62. The van der Waals surface area contributed by atoms with Gasteiger partial charge in [-0.2, -0.15) is 0 Å². The SMILES string of the molecule is CC(C)c1ccccc1NCC1CCNCC1. The van der Waals surface area contributed by atoms with Crippen LogP contribution in [0, 0.1) is 5.92 Å². The highest BCUT2D eigenvalue weighted by molar-refractivity contribution is 5.52. The monoisotopic (exact) mass is 232 g/mol. The number of nitrogens with one attached hydrogen (secondary N) is 2. The second-order valence-electron chi connectivity index (χ2n) is 5.32. The zero-order valence-corrected chi connectivity index (χ0v) is 11.0. The Kier molecular flexibility index (Phi) is 4.43. The van der Waals surface area contributed by atoms with E-state index < -0.39 is 0 Å². The second kappa shape index (κ2) is 6.06. The fourth-order valence-corrected chi connectivity index (χ4v) is 2.50. The third kappa shape index (κ3) is 3.47. The maximum Gasteiger partial charge on any atom is 0.0375 e. The van der Waals surface area contributed by atoms with Crippen LogP contribution in [0.25, 0.3) is 0 Å². The summed E-state index contributed by atoms with van der Waals surface area (Å²) in [6, 6.07) is 8.69. The van der Waals surface area contributed by atoms with Gasteiger partial charge in [0.25, 0.3) is 0 Å². The van der Waals surface area contributed by atoms with E-state index in [9.17, 15) is 0 Å². The van der Waals surface area contributed by atoms with E-state index in [1.807, 2.05) is 0 Å². The van der Waals surface area contributed by atoms with Crippen molar-refractivity contribution in [2.45, 2.75) is 32.6 Å². The fraction of sp³-hybridized carbons (Fsp3) is 0.600. The van der Waals surface area contributed by atoms with Gasteiger partial charge in [-0.3, -0.25) is 0 Å². The summed E-state index contributed by atoms with van der Waals surface area (Å²) < 4.78 is 0. The molecule has 0 aliphatic carbocycles. The molecule has 2 heteroatoms. The minimum Gasteiger partial charge on any atom is -0.385 e. The summed E-state index contributed by atoms with van der Waals surface area (Å²) in [6.07, 6.45) is 2.60. The molecule has 1 aromatic rings. The van der Waals surface area contributed by atoms with Crippen LogP contribution in [0.1, 0.15) is 38.2 Å². The molecule has 1 aliphatic heterocycles. The molecule has 1 aromatic carbocycles. The Morgan fingerprint density at radius 2 is 1.94 bits per heavy atom. The van der Waals surface area contributed by atoms with Crippen molar-refractivity contribution in [1.29, 1.82) is 0 Å². The molecule has 2 rings (SSSR count). The molecule has 0 atom stereocenters. The predicted molar refractivity (Wildman–Crippen MR) is 74.6 cm³/mol. The highest BCUT2D eigenvalue weighted by atomic mass is 14.9. The third-order valence-electron chi connectivity index (χ3n) is 3.62. The molecule has 0 saturated carbocycles. The maximum atomic E-state index is 3.64. The molecule has 2 nitrogen and oxygen atoms in total. The molecule has 17 heavy (non-hydrogen) atoms. The summed E-state index contributed by atoms with van der Waals surface area (Å²) in [5.74, 6) is 1.42. The van der Waals surface area contributed by atoms with Crippen LogP contribution < -0.4 is 10.6 Å². The molecule has 2 N–H and O–H groups in total. The normalized spacial score (nSPS) is 17.4. The lowest BCUT2D eigenvalue weighted by atomic mass is 9.97. The van der Waals surface area contributed by atoms with E-state index in [0.717, 1.165) is 12.5 Å². The van der Waals surface area contributed by atoms with E-state index >= 15 is 0 Å². The molecular weight excluding hydrogens is 208 g/mol. The van der Waals surface area contributed by atoms with Gasteiger partial charge in [-0.15, -0.1) is 0 Å². The Bertz CT molecular complexity index is 341. The zero-order valence-electron chi connectivity index (χ0n) is 11.0. The van der Waals surface area contributed by atoms with Crippen LogP contribution in [0.5, 0.6) is 0 Å². The van der Waals surface area contributed by atoms with Crippen molar-refractivity contribution >= 4 is 5.69 Å². The van der Waals surface area contributed by atoms with E-state index in [0.29, 0.717) is 5.92 Å². The molecule has 1 saturated heterocycles. The summed E-state index contributed by atoms with van der Waals surface area (Å²) >= 11 is 0. The van der Waals surface area contributed by atoms with Gasteiger partial charge in [0.1, 0.15) is 0 Å². The van der Waals surface area contributed by atoms with Crippen LogP contribution in [0.4, 0.5) is 5.69 Å². The molecular formula is C15H24N2. The first kappa shape index (κ1) is 12.4. The summed E-state index contributed by atoms with van der Waals surface area (Å²) in [5, 5.41) is 7.05. The van der Waals surface area contributed by atoms with E-state index in [1.54, 1.807) is 0 Å². The average molecular weight is 232 g/mol. The average Bonchev–Trinajstić information content (AvgIpc) is 2.38. The molecule has 0 radical (unpaired) electrons. The standard InChI is InChI=1S/C15H24N2/c1-12(2)14-5-3-4-6-15(14)17-11-13-7-9-16-10-8-13/h3-6,12-13,16-17H,7-11H2,1-2H3. The van der Waals surface area contributed by atoms with Gasteiger partial charge in [0.05, 0.1) is 0 Å². The number of para-hydroxylation sites is 1. The molecule has 1 heterocycles. The predicted octanol–water partition coefficient (Wildman–Crippen LogP) is 3.22. The van der Waals surface area contributed by atoms with Crippen molar-refractivity contribution in [3.8, 4) is 0 Å². The van der Waals surface area contributed by atoms with Crippen LogP contribution in [0.15, 0.2) is 24.3 Å². The second-order valence-corrected chi connectivity index (χ2v) is 5.32. The lowest BCUT2D eigenvalue weighted by Crippen LogP contribution is -2.31. The van der Waals surface area contributed by atoms with Crippen molar-refractivity contribution in [3.63, 3.8) is 0 Å². The summed E-state index contributed by atoms with van der Waals surface area (Å²) in [4.78, 5) is 0. The van der Waals surface area contributed by atoms with Crippen LogP contribution >= 0.6 is 0 Å². The maximum absolute atomic E-state index is 3.64. The van der Waals surface area contributed by atoms with E-state index in [-0.39, 0.29) is 0 Å². The zero-order chi connectivity index (χ0) is 12.1. The number of rotatable bonds is 4. The fourth-order valence-electron chi connectivity index (χ4n) is 2.50. The van der Waals surface area contributed by atoms with Gasteiger partial charge in [0.15, 0.2) is 0 Å². The van der Waals surface area contributed by atoms with Gasteiger partial charge in [0.2, 0.25) is 0 Å². The van der Waals surface area contributed by atoms with Crippen molar-refractivity contribution in [3.05, 3.63) is 29.8 Å². The largest absolute Gasteiger partial charge is 0.385 e. The number of piperidine rings is 1. The van der Waals surface area contributed by atoms with Gasteiger partial charge in [-0.05, 0) is 49.4 Å². The number of anilines is 1. The van der Waals surface area contributed by atoms with E-state index in [2.05, 4.69) is 48.7 Å². The Hall–Kier alpha value is -1.02. The Morgan fingerprint density at radius 3 is 2.65 bits per heavy atom. The topological polar surface area (TPSA) is 24.1 Å². The van der Waals surface area contributed by atoms with E-state index in [1.165, 1.54) is 37.2 Å². The minimum absolute atomic E-state index is 0.590. The Balaban J connectivity index is 1.93. The highest BCUT2D eigenvalue weighted by Gasteiger charge is 2.13. The smallest absolute Gasteiger partial charge is 0.0375 e. The van der Waals surface area contributed by atoms with Crippen molar-refractivity contribution in [2.75, 3.05) is 25.0 Å². The highest BCUT2D eigenvalue weighted by Crippen LogP contribution is 2.24. The van der Waals surface area contributed by atoms with Crippen molar-refractivity contribution in [2.24, 2.45) is 5.92 Å². The molecule has 1 fully saturated rings. The van der Waals surface area contributed by atoms with Gasteiger partial charge >= 0.3 is 0 Å². The Labute approximate surface area is 105 Å². The molecule has 0 amide bonds. The lowest BCUT2D eigenvalue weighted by molar-refractivity contribution is 0.390. The van der Waals surface area contributed by atoms with Gasteiger partial charge in [-0.25, -0.2) is 0 Å². The molecule has 0 spiro atoms. The summed E-state index contributed by atoms with van der Waals surface area (Å²) in [5.41, 5.74) is 2.75. The number of benzene rings is 1. The van der Waals surface area contributed by atoms with Crippen molar-refractivity contribution < 1.29 is 0 Å². The first-order chi connectivity index (χ1) is 8.27. The molecule has 0 aromatic heterocycles. The minimum atomic E-state index is 0.590. The van der Waals surface area contributed by atoms with Crippen LogP contribution in [0.3, 0.4) is 0 Å². The summed E-state index contributed by atoms with van der Waals surface area (Å²) in [7, 11) is 0. The molecule has 0 unspecified atom stereocenters. The number of hydrogen-bond donors (Lipinski definition) is 2. The quantitative estimate of drug-likeness (QED) is 0.833. The number of hydrogen-bond acceptors (Lipinski definition) is 2. The van der Waals surface area contributed by atoms with Gasteiger partial charge in [0, 0.05) is 12.2 Å². The van der Waals surface area contributed by atoms with Crippen LogP contribution in [-0.4, -0.2) is 19.6 Å². The summed E-state index contributed by atoms with van der Waals surface area (Å²) in [6.45, 7) is 7.98. The van der Waals surface area contributed by atoms with Gasteiger partial charge in [-0.1, -0.05) is 32.0 Å². The first-order valence-corrected chi connectivity index (χ1v) is 6.81. The van der Waals surface area contributed by atoms with E-state index in [4.69, 9.17) is 0 Å². The molecule has 1 aliphatic rings. The molecule has 94 valence electrons. The van der Waals surface area contributed by atoms with Crippen molar-refractivity contribution in [1.82, 2.24) is 5.32 Å². The van der Waals surface area contributed by atoms with Crippen LogP contribution in [0.2, 0.25) is 0 Å².